The summed E-state index contributed by atoms with van der Waals surface area (Å²) in [6, 6.07) is 0. The molecular formula is C5H8N2O2. The van der Waals surface area contributed by atoms with Gasteiger partial charge in [-0.05, 0) is 6.92 Å². The molecule has 0 saturated carbocycles. The van der Waals surface area contributed by atoms with Crippen LogP contribution in [0.2, 0.25) is 0 Å². The van der Waals surface area contributed by atoms with Gasteiger partial charge in [-0.2, -0.15) is 0 Å². The van der Waals surface area contributed by atoms with Gasteiger partial charge in [0.15, 0.2) is 5.78 Å². The number of hydrogen-bond acceptors (Lipinski definition) is 3. The highest BCUT2D eigenvalue weighted by Gasteiger charge is 1.97. The number of hydrogen-bond donors (Lipinski definition) is 2. The van der Waals surface area contributed by atoms with Crippen molar-refractivity contribution in [1.29, 1.82) is 0 Å². The summed E-state index contributed by atoms with van der Waals surface area (Å²) in [7, 11) is 0. The second-order valence-electron chi connectivity index (χ2n) is 1.57. The summed E-state index contributed by atoms with van der Waals surface area (Å²) in [5.41, 5.74) is 9.48. The summed E-state index contributed by atoms with van der Waals surface area (Å²) >= 11 is 0. The van der Waals surface area contributed by atoms with Crippen molar-refractivity contribution in [2.75, 3.05) is 0 Å². The van der Waals surface area contributed by atoms with Crippen LogP contribution in [0.3, 0.4) is 0 Å². The first-order valence-corrected chi connectivity index (χ1v) is 2.31. The molecule has 9 heavy (non-hydrogen) atoms. The van der Waals surface area contributed by atoms with Crippen LogP contribution in [0.15, 0.2) is 11.8 Å². The van der Waals surface area contributed by atoms with Gasteiger partial charge in [0, 0.05) is 6.08 Å². The standard InChI is InChI=1S/C5H8N2O2/c1-3(8)2-4(6)5(7)9/h2H,6H2,1H3,(H2,7,9)/b4-2-. The van der Waals surface area contributed by atoms with Gasteiger partial charge in [-0.25, -0.2) is 0 Å². The Morgan fingerprint density at radius 3 is 1.89 bits per heavy atom. The fraction of sp³-hybridized carbons (Fsp3) is 0.200. The smallest absolute Gasteiger partial charge is 0.264 e. The Balaban J connectivity index is 4.17. The van der Waals surface area contributed by atoms with E-state index in [0.717, 1.165) is 6.08 Å². The third kappa shape index (κ3) is 3.28. The molecule has 4 N–H and O–H groups in total. The average molecular weight is 128 g/mol. The predicted molar refractivity (Wildman–Crippen MR) is 32.1 cm³/mol. The zero-order valence-corrected chi connectivity index (χ0v) is 5.05. The minimum atomic E-state index is -0.773. The van der Waals surface area contributed by atoms with Gasteiger partial charge in [-0.1, -0.05) is 0 Å². The van der Waals surface area contributed by atoms with Gasteiger partial charge < -0.3 is 11.5 Å². The van der Waals surface area contributed by atoms with Crippen molar-refractivity contribution >= 4 is 11.7 Å². The number of rotatable bonds is 2. The summed E-state index contributed by atoms with van der Waals surface area (Å²) < 4.78 is 0. The van der Waals surface area contributed by atoms with E-state index in [1.54, 1.807) is 0 Å². The molecule has 0 heterocycles. The van der Waals surface area contributed by atoms with Crippen molar-refractivity contribution in [1.82, 2.24) is 0 Å². The van der Waals surface area contributed by atoms with Crippen LogP contribution in [0.4, 0.5) is 0 Å². The number of carbonyl (C=O) groups excluding carboxylic acids is 2. The number of allylic oxidation sites excluding steroid dienone is 1. The molecule has 0 spiro atoms. The highest BCUT2D eigenvalue weighted by atomic mass is 16.1. The van der Waals surface area contributed by atoms with E-state index in [0.29, 0.717) is 0 Å². The molecule has 0 rings (SSSR count). The van der Waals surface area contributed by atoms with Crippen molar-refractivity contribution in [3.63, 3.8) is 0 Å². The van der Waals surface area contributed by atoms with Gasteiger partial charge in [-0.3, -0.25) is 9.59 Å². The van der Waals surface area contributed by atoms with Crippen LogP contribution in [-0.4, -0.2) is 11.7 Å². The first-order chi connectivity index (χ1) is 4.04. The largest absolute Gasteiger partial charge is 0.394 e. The zero-order chi connectivity index (χ0) is 7.44. The molecule has 4 nitrogen and oxygen atoms in total. The fourth-order valence-electron chi connectivity index (χ4n) is 0.290. The average Bonchev–Trinajstić information content (AvgIpc) is 1.63. The Kier molecular flexibility index (Phi) is 2.44. The minimum absolute atomic E-state index is 0.206. The maximum atomic E-state index is 10.2. The van der Waals surface area contributed by atoms with Crippen LogP contribution in [-0.2, 0) is 9.59 Å². The molecule has 0 fully saturated rings. The van der Waals surface area contributed by atoms with Gasteiger partial charge in [-0.15, -0.1) is 0 Å². The van der Waals surface area contributed by atoms with E-state index in [4.69, 9.17) is 11.5 Å². The maximum absolute atomic E-state index is 10.2. The van der Waals surface area contributed by atoms with E-state index in [1.807, 2.05) is 0 Å². The van der Waals surface area contributed by atoms with Crippen molar-refractivity contribution in [2.24, 2.45) is 11.5 Å². The van der Waals surface area contributed by atoms with Gasteiger partial charge in [0.05, 0.1) is 0 Å². The highest BCUT2D eigenvalue weighted by molar-refractivity contribution is 5.99. The van der Waals surface area contributed by atoms with Crippen LogP contribution >= 0.6 is 0 Å². The summed E-state index contributed by atoms with van der Waals surface area (Å²) in [5.74, 6) is -1.06. The number of nitrogens with two attached hydrogens (primary N) is 2. The third-order valence-corrected chi connectivity index (χ3v) is 0.643. The molecular weight excluding hydrogens is 120 g/mol. The highest BCUT2D eigenvalue weighted by Crippen LogP contribution is 1.80. The summed E-state index contributed by atoms with van der Waals surface area (Å²) in [6.07, 6.45) is 0.988. The lowest BCUT2D eigenvalue weighted by atomic mass is 10.3. The number of amides is 1. The molecule has 0 aromatic heterocycles. The normalized spacial score (nSPS) is 11.0. The van der Waals surface area contributed by atoms with Gasteiger partial charge in [0.2, 0.25) is 0 Å². The molecule has 0 saturated heterocycles. The lowest BCUT2D eigenvalue weighted by molar-refractivity contribution is -0.116. The second-order valence-corrected chi connectivity index (χ2v) is 1.57. The SMILES string of the molecule is CC(=O)/C=C(\N)C(N)=O. The molecule has 1 amide bonds. The molecule has 0 atom stereocenters. The van der Waals surface area contributed by atoms with Crippen molar-refractivity contribution in [3.8, 4) is 0 Å². The lowest BCUT2D eigenvalue weighted by Crippen LogP contribution is -2.20. The number of carbonyl (C=O) groups is 2. The first kappa shape index (κ1) is 7.68. The quantitative estimate of drug-likeness (QED) is 0.463. The van der Waals surface area contributed by atoms with Gasteiger partial charge in [0.25, 0.3) is 5.91 Å². The summed E-state index contributed by atoms with van der Waals surface area (Å²) in [4.78, 5) is 20.3. The van der Waals surface area contributed by atoms with Gasteiger partial charge in [0.1, 0.15) is 5.70 Å². The van der Waals surface area contributed by atoms with E-state index < -0.39 is 5.91 Å². The van der Waals surface area contributed by atoms with Crippen LogP contribution in [0.1, 0.15) is 6.92 Å². The molecule has 0 radical (unpaired) electrons. The summed E-state index contributed by atoms with van der Waals surface area (Å²) in [6.45, 7) is 1.29. The van der Waals surface area contributed by atoms with Crippen molar-refractivity contribution in [3.05, 3.63) is 11.8 Å². The van der Waals surface area contributed by atoms with Crippen molar-refractivity contribution < 1.29 is 9.59 Å². The van der Waals surface area contributed by atoms with E-state index in [1.165, 1.54) is 6.92 Å². The molecule has 0 aromatic rings. The molecule has 0 bridgehead atoms. The number of primary amides is 1. The molecule has 50 valence electrons. The lowest BCUT2D eigenvalue weighted by Gasteiger charge is -1.89. The fourth-order valence-corrected chi connectivity index (χ4v) is 0.290. The molecule has 4 heteroatoms. The first-order valence-electron chi connectivity index (χ1n) is 2.31. The van der Waals surface area contributed by atoms with Crippen LogP contribution in [0.5, 0.6) is 0 Å². The maximum Gasteiger partial charge on any atom is 0.264 e. The Bertz CT molecular complexity index is 172. The molecule has 0 aliphatic carbocycles. The topological polar surface area (TPSA) is 86.2 Å². The van der Waals surface area contributed by atoms with E-state index in [-0.39, 0.29) is 11.5 Å². The van der Waals surface area contributed by atoms with Gasteiger partial charge >= 0.3 is 0 Å². The molecule has 0 unspecified atom stereocenters. The molecule has 0 aromatic carbocycles. The monoisotopic (exact) mass is 128 g/mol. The van der Waals surface area contributed by atoms with Crippen LogP contribution in [0.25, 0.3) is 0 Å². The predicted octanol–water partition coefficient (Wildman–Crippen LogP) is -1.10. The third-order valence-electron chi connectivity index (χ3n) is 0.643. The van der Waals surface area contributed by atoms with E-state index >= 15 is 0 Å². The Hall–Kier alpha value is -1.32. The second kappa shape index (κ2) is 2.86. The van der Waals surface area contributed by atoms with E-state index in [2.05, 4.69) is 0 Å². The van der Waals surface area contributed by atoms with Crippen molar-refractivity contribution in [2.45, 2.75) is 6.92 Å². The summed E-state index contributed by atoms with van der Waals surface area (Å²) in [5, 5.41) is 0. The Morgan fingerprint density at radius 1 is 1.33 bits per heavy atom. The minimum Gasteiger partial charge on any atom is -0.394 e. The Morgan fingerprint density at radius 2 is 1.78 bits per heavy atom. The van der Waals surface area contributed by atoms with E-state index in [9.17, 15) is 9.59 Å². The molecule has 0 aliphatic rings. The Labute approximate surface area is 52.5 Å². The molecule has 0 aliphatic heterocycles. The van der Waals surface area contributed by atoms with Crippen LogP contribution < -0.4 is 11.5 Å². The van der Waals surface area contributed by atoms with Crippen LogP contribution in [0, 0.1) is 0 Å². The zero-order valence-electron chi connectivity index (χ0n) is 5.05. The number of ketones is 1.